The largest absolute Gasteiger partial charge is 0.294 e. The molecule has 2 aliphatic carbocycles. The van der Waals surface area contributed by atoms with E-state index in [0.717, 1.165) is 17.9 Å². The minimum Gasteiger partial charge on any atom is -0.294 e. The first-order valence-corrected chi connectivity index (χ1v) is 9.23. The Balaban J connectivity index is 1.69. The van der Waals surface area contributed by atoms with E-state index in [4.69, 9.17) is 0 Å². The Morgan fingerprint density at radius 1 is 1.05 bits per heavy atom. The minimum absolute atomic E-state index is 0.349. The van der Waals surface area contributed by atoms with E-state index >= 15 is 0 Å². The van der Waals surface area contributed by atoms with Crippen LogP contribution in [-0.2, 0) is 0 Å². The zero-order chi connectivity index (χ0) is 15.4. The molecule has 2 aliphatic rings. The van der Waals surface area contributed by atoms with Crippen LogP contribution in [0.1, 0.15) is 81.5 Å². The fourth-order valence-electron chi connectivity index (χ4n) is 4.75. The molecule has 1 aromatic carbocycles. The van der Waals surface area contributed by atoms with Crippen LogP contribution in [0, 0.1) is 17.3 Å². The van der Waals surface area contributed by atoms with Crippen LogP contribution in [0.15, 0.2) is 30.3 Å². The van der Waals surface area contributed by atoms with Gasteiger partial charge in [0.2, 0.25) is 0 Å². The van der Waals surface area contributed by atoms with Gasteiger partial charge in [-0.25, -0.2) is 0 Å². The summed E-state index contributed by atoms with van der Waals surface area (Å²) in [5.74, 6) is 1.87. The van der Waals surface area contributed by atoms with Crippen LogP contribution in [0.4, 0.5) is 0 Å². The Hall–Kier alpha value is -1.11. The molecule has 1 heteroatoms. The average molecular weight is 298 g/mol. The minimum atomic E-state index is 0.349. The third-order valence-electron chi connectivity index (χ3n) is 6.13. The molecule has 1 nitrogen and oxygen atoms in total. The Morgan fingerprint density at radius 2 is 1.86 bits per heavy atom. The van der Waals surface area contributed by atoms with Crippen molar-refractivity contribution in [3.05, 3.63) is 35.9 Å². The number of hydrogen-bond donors (Lipinski definition) is 0. The number of hydrogen-bond acceptors (Lipinski definition) is 1. The first kappa shape index (κ1) is 15.8. The normalized spacial score (nSPS) is 32.6. The van der Waals surface area contributed by atoms with Gasteiger partial charge in [-0.15, -0.1) is 0 Å². The maximum Gasteiger partial charge on any atom is 0.163 e. The second-order valence-electron chi connectivity index (χ2n) is 8.10. The summed E-state index contributed by atoms with van der Waals surface area (Å²) >= 11 is 0. The van der Waals surface area contributed by atoms with Gasteiger partial charge in [0, 0.05) is 12.0 Å². The molecule has 0 aromatic heterocycles. The van der Waals surface area contributed by atoms with E-state index in [9.17, 15) is 4.79 Å². The zero-order valence-corrected chi connectivity index (χ0v) is 14.0. The van der Waals surface area contributed by atoms with Crippen molar-refractivity contribution in [3.63, 3.8) is 0 Å². The summed E-state index contributed by atoms with van der Waals surface area (Å²) in [4.78, 5) is 12.6. The summed E-state index contributed by atoms with van der Waals surface area (Å²) in [6, 6.07) is 9.88. The predicted octanol–water partition coefficient (Wildman–Crippen LogP) is 6.04. The number of ketones is 1. The van der Waals surface area contributed by atoms with Crippen molar-refractivity contribution >= 4 is 5.78 Å². The second-order valence-corrected chi connectivity index (χ2v) is 8.10. The summed E-state index contributed by atoms with van der Waals surface area (Å²) in [6.07, 6.45) is 13.1. The van der Waals surface area contributed by atoms with Crippen molar-refractivity contribution in [3.8, 4) is 0 Å². The number of rotatable bonds is 3. The lowest BCUT2D eigenvalue weighted by molar-refractivity contribution is 0.0883. The number of carbonyl (C=O) groups excluding carboxylic acids is 1. The van der Waals surface area contributed by atoms with Gasteiger partial charge in [0.1, 0.15) is 0 Å². The Kier molecular flexibility index (Phi) is 5.00. The molecule has 3 atom stereocenters. The van der Waals surface area contributed by atoms with Gasteiger partial charge in [-0.1, -0.05) is 62.9 Å². The highest BCUT2D eigenvalue weighted by atomic mass is 16.1. The molecule has 0 heterocycles. The number of Topliss-reactive ketones (excluding diaryl/α,β-unsaturated/α-hetero) is 1. The second kappa shape index (κ2) is 6.98. The fourth-order valence-corrected chi connectivity index (χ4v) is 4.75. The molecule has 0 amide bonds. The monoisotopic (exact) mass is 298 g/mol. The summed E-state index contributed by atoms with van der Waals surface area (Å²) in [7, 11) is 0. The Bertz CT molecular complexity index is 492. The summed E-state index contributed by atoms with van der Waals surface area (Å²) in [5, 5.41) is 0. The van der Waals surface area contributed by atoms with Crippen LogP contribution >= 0.6 is 0 Å². The molecule has 2 saturated carbocycles. The van der Waals surface area contributed by atoms with E-state index in [1.165, 1.54) is 57.8 Å². The topological polar surface area (TPSA) is 17.1 Å². The van der Waals surface area contributed by atoms with Gasteiger partial charge >= 0.3 is 0 Å². The van der Waals surface area contributed by atoms with Gasteiger partial charge in [0.15, 0.2) is 5.78 Å². The molecule has 120 valence electrons. The molecule has 0 N–H and O–H groups in total. The summed E-state index contributed by atoms with van der Waals surface area (Å²) < 4.78 is 0. The average Bonchev–Trinajstić information content (AvgIpc) is 2.51. The van der Waals surface area contributed by atoms with Crippen molar-refractivity contribution in [1.29, 1.82) is 0 Å². The van der Waals surface area contributed by atoms with E-state index in [2.05, 4.69) is 6.92 Å². The number of carbonyl (C=O) groups is 1. The molecule has 0 spiro atoms. The lowest BCUT2D eigenvalue weighted by Gasteiger charge is -2.39. The third kappa shape index (κ3) is 4.00. The van der Waals surface area contributed by atoms with Crippen LogP contribution in [0.2, 0.25) is 0 Å². The van der Waals surface area contributed by atoms with E-state index in [1.54, 1.807) is 0 Å². The molecule has 0 saturated heterocycles. The highest BCUT2D eigenvalue weighted by molar-refractivity contribution is 5.96. The molecule has 2 fully saturated rings. The van der Waals surface area contributed by atoms with Gasteiger partial charge in [0.05, 0.1) is 0 Å². The standard InChI is InChI=1S/C21H30O/c1-21-13-6-5-7-17(12-14-21)10-11-18(16-21)15-20(22)19-8-3-2-4-9-19/h2-4,8-9,17-18H,5-7,10-16H2,1H3/t17-,18?,21?/m0/s1. The first-order chi connectivity index (χ1) is 10.6. The molecule has 1 aromatic rings. The van der Waals surface area contributed by atoms with Crippen LogP contribution in [0.25, 0.3) is 0 Å². The van der Waals surface area contributed by atoms with Gasteiger partial charge in [-0.05, 0) is 49.4 Å². The molecular formula is C21H30O. The van der Waals surface area contributed by atoms with E-state index in [0.29, 0.717) is 17.1 Å². The van der Waals surface area contributed by atoms with E-state index < -0.39 is 0 Å². The molecule has 3 rings (SSSR count). The van der Waals surface area contributed by atoms with Crippen molar-refractivity contribution in [2.45, 2.75) is 71.1 Å². The lowest BCUT2D eigenvalue weighted by Crippen LogP contribution is -2.28. The van der Waals surface area contributed by atoms with Crippen LogP contribution in [-0.4, -0.2) is 5.78 Å². The molecular weight excluding hydrogens is 268 g/mol. The zero-order valence-electron chi connectivity index (χ0n) is 14.0. The number of benzene rings is 1. The van der Waals surface area contributed by atoms with Crippen molar-refractivity contribution in [2.75, 3.05) is 0 Å². The SMILES string of the molecule is CC12CCCC[C@@H](CCC(CC(=O)c3ccccc3)C1)CC2. The van der Waals surface area contributed by atoms with E-state index in [1.807, 2.05) is 30.3 Å². The van der Waals surface area contributed by atoms with Gasteiger partial charge in [-0.3, -0.25) is 4.79 Å². The predicted molar refractivity (Wildman–Crippen MR) is 92.0 cm³/mol. The highest BCUT2D eigenvalue weighted by Gasteiger charge is 2.33. The Labute approximate surface area is 135 Å². The van der Waals surface area contributed by atoms with Crippen LogP contribution in [0.3, 0.4) is 0 Å². The molecule has 2 bridgehead atoms. The maximum atomic E-state index is 12.6. The maximum absolute atomic E-state index is 12.6. The van der Waals surface area contributed by atoms with Crippen molar-refractivity contribution in [1.82, 2.24) is 0 Å². The van der Waals surface area contributed by atoms with Gasteiger partial charge in [-0.2, -0.15) is 0 Å². The smallest absolute Gasteiger partial charge is 0.163 e. The first-order valence-electron chi connectivity index (χ1n) is 9.23. The van der Waals surface area contributed by atoms with Crippen molar-refractivity contribution < 1.29 is 4.79 Å². The molecule has 0 radical (unpaired) electrons. The fraction of sp³-hybridized carbons (Fsp3) is 0.667. The van der Waals surface area contributed by atoms with Crippen LogP contribution in [0.5, 0.6) is 0 Å². The van der Waals surface area contributed by atoms with Crippen molar-refractivity contribution in [2.24, 2.45) is 17.3 Å². The van der Waals surface area contributed by atoms with Gasteiger partial charge in [0.25, 0.3) is 0 Å². The van der Waals surface area contributed by atoms with Crippen LogP contribution < -0.4 is 0 Å². The summed E-state index contributed by atoms with van der Waals surface area (Å²) in [5.41, 5.74) is 1.38. The van der Waals surface area contributed by atoms with Gasteiger partial charge < -0.3 is 0 Å². The number of fused-ring (bicyclic) bond motifs is 3. The molecule has 2 unspecified atom stereocenters. The third-order valence-corrected chi connectivity index (χ3v) is 6.13. The van der Waals surface area contributed by atoms with E-state index in [-0.39, 0.29) is 0 Å². The lowest BCUT2D eigenvalue weighted by atomic mass is 9.66. The quantitative estimate of drug-likeness (QED) is 0.622. The highest BCUT2D eigenvalue weighted by Crippen LogP contribution is 2.45. The summed E-state index contributed by atoms with van der Waals surface area (Å²) in [6.45, 7) is 2.49. The molecule has 22 heavy (non-hydrogen) atoms. The molecule has 0 aliphatic heterocycles. The Morgan fingerprint density at radius 3 is 2.68 bits per heavy atom.